The second-order valence-electron chi connectivity index (χ2n) is 5.05. The second kappa shape index (κ2) is 6.45. The molecule has 0 bridgehead atoms. The number of nitrogens with zero attached hydrogens (tertiary/aromatic N) is 1. The van der Waals surface area contributed by atoms with Crippen LogP contribution in [0.2, 0.25) is 5.02 Å². The molecule has 0 aliphatic carbocycles. The van der Waals surface area contributed by atoms with Crippen LogP contribution in [0.4, 0.5) is 5.69 Å². The van der Waals surface area contributed by atoms with E-state index in [1.807, 2.05) is 0 Å². The van der Waals surface area contributed by atoms with Crippen molar-refractivity contribution in [1.82, 2.24) is 0 Å². The van der Waals surface area contributed by atoms with Gasteiger partial charge < -0.3 is 13.9 Å². The number of fused-ring (bicyclic) bond motifs is 1. The smallest absolute Gasteiger partial charge is 0.351 e. The minimum atomic E-state index is -0.854. The Kier molecular flexibility index (Phi) is 4.33. The van der Waals surface area contributed by atoms with E-state index in [4.69, 9.17) is 25.5 Å². The van der Waals surface area contributed by atoms with Crippen LogP contribution in [-0.4, -0.2) is 19.1 Å². The highest BCUT2D eigenvalue weighted by Crippen LogP contribution is 2.41. The summed E-state index contributed by atoms with van der Waals surface area (Å²) in [4.78, 5) is 23.6. The number of methoxy groups -OCH3 is 2. The molecule has 0 fully saturated rings. The lowest BCUT2D eigenvalue weighted by Gasteiger charge is -2.11. The summed E-state index contributed by atoms with van der Waals surface area (Å²) in [6.45, 7) is 0. The predicted octanol–water partition coefficient (Wildman–Crippen LogP) is 4.04. The molecule has 8 heteroatoms. The van der Waals surface area contributed by atoms with Gasteiger partial charge >= 0.3 is 5.63 Å². The minimum Gasteiger partial charge on any atom is -0.493 e. The Hall–Kier alpha value is -3.06. The molecule has 3 aromatic rings. The molecule has 0 aliphatic heterocycles. The molecule has 128 valence electrons. The molecule has 0 unspecified atom stereocenters. The van der Waals surface area contributed by atoms with E-state index >= 15 is 0 Å². The van der Waals surface area contributed by atoms with Crippen molar-refractivity contribution >= 4 is 28.3 Å². The molecular weight excluding hydrogens is 350 g/mol. The van der Waals surface area contributed by atoms with Crippen LogP contribution in [0.3, 0.4) is 0 Å². The Morgan fingerprint density at radius 2 is 1.76 bits per heavy atom. The van der Waals surface area contributed by atoms with Gasteiger partial charge in [0.2, 0.25) is 5.75 Å². The monoisotopic (exact) mass is 361 g/mol. The van der Waals surface area contributed by atoms with E-state index in [-0.39, 0.29) is 28.0 Å². The van der Waals surface area contributed by atoms with Crippen LogP contribution in [-0.2, 0) is 0 Å². The normalized spacial score (nSPS) is 10.7. The molecule has 0 radical (unpaired) electrons. The number of rotatable bonds is 4. The van der Waals surface area contributed by atoms with Crippen LogP contribution in [0.1, 0.15) is 0 Å². The largest absolute Gasteiger partial charge is 0.493 e. The Balaban J connectivity index is 2.46. The summed E-state index contributed by atoms with van der Waals surface area (Å²) in [5.41, 5.74) is -1.08. The fourth-order valence-corrected chi connectivity index (χ4v) is 2.75. The number of nitro groups is 1. The van der Waals surface area contributed by atoms with Gasteiger partial charge in [-0.1, -0.05) is 23.7 Å². The lowest BCUT2D eigenvalue weighted by molar-refractivity contribution is -0.382. The molecule has 0 amide bonds. The van der Waals surface area contributed by atoms with Crippen molar-refractivity contribution in [3.05, 3.63) is 62.0 Å². The lowest BCUT2D eigenvalue weighted by Crippen LogP contribution is -2.08. The van der Waals surface area contributed by atoms with Crippen molar-refractivity contribution < 1.29 is 18.8 Å². The van der Waals surface area contributed by atoms with E-state index in [0.29, 0.717) is 16.3 Å². The summed E-state index contributed by atoms with van der Waals surface area (Å²) in [7, 11) is 2.77. The van der Waals surface area contributed by atoms with E-state index in [1.165, 1.54) is 38.5 Å². The molecule has 25 heavy (non-hydrogen) atoms. The summed E-state index contributed by atoms with van der Waals surface area (Å²) >= 11 is 5.84. The van der Waals surface area contributed by atoms with Crippen molar-refractivity contribution in [1.29, 1.82) is 0 Å². The highest BCUT2D eigenvalue weighted by molar-refractivity contribution is 6.30. The maximum absolute atomic E-state index is 12.5. The molecule has 0 aliphatic rings. The second-order valence-corrected chi connectivity index (χ2v) is 5.49. The quantitative estimate of drug-likeness (QED) is 0.395. The van der Waals surface area contributed by atoms with Crippen LogP contribution in [0.25, 0.3) is 22.1 Å². The molecule has 0 N–H and O–H groups in total. The Labute approximate surface area is 146 Å². The summed E-state index contributed by atoms with van der Waals surface area (Å²) in [6.07, 6.45) is 0. The number of benzene rings is 2. The maximum atomic E-state index is 12.5. The van der Waals surface area contributed by atoms with Crippen LogP contribution >= 0.6 is 11.6 Å². The van der Waals surface area contributed by atoms with Gasteiger partial charge in [0.05, 0.1) is 19.1 Å². The number of ether oxygens (including phenoxy) is 2. The molecule has 0 saturated carbocycles. The average molecular weight is 362 g/mol. The van der Waals surface area contributed by atoms with Gasteiger partial charge in [-0.2, -0.15) is 0 Å². The van der Waals surface area contributed by atoms with E-state index in [9.17, 15) is 14.9 Å². The van der Waals surface area contributed by atoms with Gasteiger partial charge in [0, 0.05) is 5.02 Å². The molecular formula is C17H12ClNO6. The molecule has 1 heterocycles. The van der Waals surface area contributed by atoms with Crippen molar-refractivity contribution in [2.24, 2.45) is 0 Å². The predicted molar refractivity (Wildman–Crippen MR) is 92.7 cm³/mol. The van der Waals surface area contributed by atoms with Crippen molar-refractivity contribution in [3.8, 4) is 22.6 Å². The topological polar surface area (TPSA) is 91.8 Å². The summed E-state index contributed by atoms with van der Waals surface area (Å²) < 4.78 is 15.7. The van der Waals surface area contributed by atoms with Crippen molar-refractivity contribution in [2.45, 2.75) is 0 Å². The van der Waals surface area contributed by atoms with Gasteiger partial charge in [0.25, 0.3) is 5.69 Å². The Morgan fingerprint density at radius 1 is 1.08 bits per heavy atom. The number of hydrogen-bond donors (Lipinski definition) is 0. The molecule has 7 nitrogen and oxygen atoms in total. The first-order chi connectivity index (χ1) is 12.0. The number of halogens is 1. The summed E-state index contributed by atoms with van der Waals surface area (Å²) in [5.74, 6) is 0.412. The van der Waals surface area contributed by atoms with Gasteiger partial charge in [-0.25, -0.2) is 4.79 Å². The van der Waals surface area contributed by atoms with Gasteiger partial charge in [0.15, 0.2) is 11.3 Å². The standard InChI is InChI=1S/C17H12ClNO6/c1-23-12-8-7-11-14(19(21)22)13(9-3-5-10(18)6-4-9)17(20)25-15(11)16(12)24-2/h3-8H,1-2H3. The first kappa shape index (κ1) is 16.8. The zero-order valence-electron chi connectivity index (χ0n) is 13.2. The highest BCUT2D eigenvalue weighted by Gasteiger charge is 2.28. The van der Waals surface area contributed by atoms with E-state index in [2.05, 4.69) is 0 Å². The molecule has 0 spiro atoms. The fraction of sp³-hybridized carbons (Fsp3) is 0.118. The third kappa shape index (κ3) is 2.78. The average Bonchev–Trinajstić information content (AvgIpc) is 2.60. The van der Waals surface area contributed by atoms with Crippen molar-refractivity contribution in [3.63, 3.8) is 0 Å². The first-order valence-electron chi connectivity index (χ1n) is 7.10. The van der Waals surface area contributed by atoms with E-state index in [0.717, 1.165) is 0 Å². The number of hydrogen-bond acceptors (Lipinski definition) is 6. The third-order valence-corrected chi connectivity index (χ3v) is 3.96. The van der Waals surface area contributed by atoms with Crippen LogP contribution in [0, 0.1) is 10.1 Å². The van der Waals surface area contributed by atoms with Crippen molar-refractivity contribution in [2.75, 3.05) is 14.2 Å². The molecule has 3 rings (SSSR count). The Morgan fingerprint density at radius 3 is 2.32 bits per heavy atom. The SMILES string of the molecule is COc1ccc2c([N+](=O)[O-])c(-c3ccc(Cl)cc3)c(=O)oc2c1OC. The molecule has 1 aromatic heterocycles. The molecule has 0 saturated heterocycles. The molecule has 0 atom stereocenters. The highest BCUT2D eigenvalue weighted by atomic mass is 35.5. The van der Waals surface area contributed by atoms with Gasteiger partial charge in [0.1, 0.15) is 10.9 Å². The zero-order chi connectivity index (χ0) is 18.1. The van der Waals surface area contributed by atoms with E-state index in [1.54, 1.807) is 12.1 Å². The summed E-state index contributed by atoms with van der Waals surface area (Å²) in [6, 6.07) is 9.09. The lowest BCUT2D eigenvalue weighted by atomic mass is 10.0. The van der Waals surface area contributed by atoms with Crippen LogP contribution < -0.4 is 15.1 Å². The van der Waals surface area contributed by atoms with Gasteiger partial charge in [-0.3, -0.25) is 10.1 Å². The fourth-order valence-electron chi connectivity index (χ4n) is 2.62. The third-order valence-electron chi connectivity index (χ3n) is 3.71. The summed E-state index contributed by atoms with van der Waals surface area (Å²) in [5, 5.41) is 12.3. The first-order valence-corrected chi connectivity index (χ1v) is 7.47. The Bertz CT molecular complexity index is 1030. The minimum absolute atomic E-state index is 0.0451. The van der Waals surface area contributed by atoms with Crippen LogP contribution in [0.5, 0.6) is 11.5 Å². The maximum Gasteiger partial charge on any atom is 0.351 e. The van der Waals surface area contributed by atoms with Gasteiger partial charge in [-0.05, 0) is 29.8 Å². The zero-order valence-corrected chi connectivity index (χ0v) is 14.0. The molecule has 2 aromatic carbocycles. The van der Waals surface area contributed by atoms with Crippen LogP contribution in [0.15, 0.2) is 45.6 Å². The van der Waals surface area contributed by atoms with Gasteiger partial charge in [-0.15, -0.1) is 0 Å². The van der Waals surface area contributed by atoms with E-state index < -0.39 is 10.5 Å².